The molecule has 1 atom stereocenters. The number of aryl methyl sites for hydroxylation is 3. The fraction of sp³-hybridized carbons (Fsp3) is 0.360. The third kappa shape index (κ3) is 4.72. The summed E-state index contributed by atoms with van der Waals surface area (Å²) in [5.41, 5.74) is 5.27. The molecule has 1 N–H and O–H groups in total. The number of piperidine rings is 1. The van der Waals surface area contributed by atoms with Crippen molar-refractivity contribution in [2.45, 2.75) is 39.5 Å². The second kappa shape index (κ2) is 9.34. The van der Waals surface area contributed by atoms with Gasteiger partial charge < -0.3 is 10.2 Å². The topological polar surface area (TPSA) is 75.9 Å². The Hall–Kier alpha value is -3.48. The van der Waals surface area contributed by atoms with Crippen molar-refractivity contribution in [2.75, 3.05) is 18.4 Å². The lowest BCUT2D eigenvalue weighted by Gasteiger charge is -2.32. The predicted octanol–water partition coefficient (Wildman–Crippen LogP) is 4.30. The van der Waals surface area contributed by atoms with Crippen LogP contribution in [0, 0.1) is 20.8 Å². The molecule has 0 spiro atoms. The molecule has 4 heterocycles. The molecule has 32 heavy (non-hydrogen) atoms. The van der Waals surface area contributed by atoms with Gasteiger partial charge in [0.25, 0.3) is 0 Å². The van der Waals surface area contributed by atoms with Gasteiger partial charge in [0.15, 0.2) is 0 Å². The summed E-state index contributed by atoms with van der Waals surface area (Å²) < 4.78 is 1.85. The predicted molar refractivity (Wildman–Crippen MR) is 127 cm³/mol. The van der Waals surface area contributed by atoms with Gasteiger partial charge in [0.05, 0.1) is 5.69 Å². The SMILES string of the molecule is Cc1cccnc1Nc1cc([C@H]2CCCN(C(=O)/C=C/c3c(C)nn(C)c3C)C2)ccn1. The van der Waals surface area contributed by atoms with Crippen LogP contribution in [0.4, 0.5) is 11.6 Å². The molecule has 1 aliphatic heterocycles. The smallest absolute Gasteiger partial charge is 0.246 e. The summed E-state index contributed by atoms with van der Waals surface area (Å²) in [6.45, 7) is 7.50. The molecule has 7 nitrogen and oxygen atoms in total. The summed E-state index contributed by atoms with van der Waals surface area (Å²) in [5.74, 6) is 1.92. The molecule has 0 bridgehead atoms. The lowest BCUT2D eigenvalue weighted by atomic mass is 9.91. The van der Waals surface area contributed by atoms with Crippen LogP contribution >= 0.6 is 0 Å². The van der Waals surface area contributed by atoms with Crippen molar-refractivity contribution in [3.63, 3.8) is 0 Å². The zero-order valence-corrected chi connectivity index (χ0v) is 19.2. The van der Waals surface area contributed by atoms with Gasteiger partial charge in [0.1, 0.15) is 11.6 Å². The standard InChI is InChI=1S/C25H30N6O/c1-17-7-5-12-27-25(17)28-23-15-20(11-13-26-23)21-8-6-14-31(16-21)24(32)10-9-22-18(2)29-30(4)19(22)3/h5,7,9-13,15,21H,6,8,14,16H2,1-4H3,(H,26,27,28)/b10-9+/t21-/m0/s1. The maximum Gasteiger partial charge on any atom is 0.246 e. The number of hydrogen-bond donors (Lipinski definition) is 1. The van der Waals surface area contributed by atoms with Crippen LogP contribution in [-0.4, -0.2) is 43.6 Å². The summed E-state index contributed by atoms with van der Waals surface area (Å²) in [7, 11) is 1.92. The van der Waals surface area contributed by atoms with Gasteiger partial charge in [0, 0.05) is 55.8 Å². The first kappa shape index (κ1) is 21.7. The van der Waals surface area contributed by atoms with E-state index in [-0.39, 0.29) is 11.8 Å². The molecular weight excluding hydrogens is 400 g/mol. The number of carbonyl (C=O) groups excluding carboxylic acids is 1. The second-order valence-corrected chi connectivity index (χ2v) is 8.43. The first-order valence-electron chi connectivity index (χ1n) is 11.0. The lowest BCUT2D eigenvalue weighted by Crippen LogP contribution is -2.38. The molecule has 3 aromatic heterocycles. The molecule has 166 valence electrons. The quantitative estimate of drug-likeness (QED) is 0.611. The normalized spacial score (nSPS) is 16.5. The van der Waals surface area contributed by atoms with Crippen LogP contribution in [0.15, 0.2) is 42.7 Å². The van der Waals surface area contributed by atoms with E-state index in [2.05, 4.69) is 26.4 Å². The molecule has 1 amide bonds. The van der Waals surface area contributed by atoms with Gasteiger partial charge in [-0.3, -0.25) is 9.48 Å². The zero-order chi connectivity index (χ0) is 22.7. The van der Waals surface area contributed by atoms with Crippen LogP contribution in [0.5, 0.6) is 0 Å². The number of likely N-dealkylation sites (tertiary alicyclic amines) is 1. The Balaban J connectivity index is 1.45. The summed E-state index contributed by atoms with van der Waals surface area (Å²) in [6.07, 6.45) is 9.21. The van der Waals surface area contributed by atoms with E-state index in [1.165, 1.54) is 5.56 Å². The molecule has 0 radical (unpaired) electrons. The van der Waals surface area contributed by atoms with Gasteiger partial charge in [-0.15, -0.1) is 0 Å². The molecule has 4 rings (SSSR count). The minimum absolute atomic E-state index is 0.0499. The molecule has 7 heteroatoms. The summed E-state index contributed by atoms with van der Waals surface area (Å²) >= 11 is 0. The minimum atomic E-state index is 0.0499. The summed E-state index contributed by atoms with van der Waals surface area (Å²) in [4.78, 5) is 23.7. The Morgan fingerprint density at radius 3 is 2.78 bits per heavy atom. The number of aromatic nitrogens is 4. The number of anilines is 2. The number of nitrogens with one attached hydrogen (secondary N) is 1. The molecule has 0 aliphatic carbocycles. The first-order valence-corrected chi connectivity index (χ1v) is 11.0. The van der Waals surface area contributed by atoms with Crippen LogP contribution in [0.25, 0.3) is 6.08 Å². The van der Waals surface area contributed by atoms with E-state index in [4.69, 9.17) is 0 Å². The number of amides is 1. The van der Waals surface area contributed by atoms with E-state index in [0.29, 0.717) is 6.54 Å². The third-order valence-corrected chi connectivity index (χ3v) is 6.20. The molecule has 0 unspecified atom stereocenters. The van der Waals surface area contributed by atoms with E-state index in [1.54, 1.807) is 12.3 Å². The number of carbonyl (C=O) groups is 1. The Bertz CT molecular complexity index is 1150. The van der Waals surface area contributed by atoms with Crippen molar-refractivity contribution in [1.82, 2.24) is 24.6 Å². The van der Waals surface area contributed by atoms with E-state index < -0.39 is 0 Å². The molecule has 1 fully saturated rings. The highest BCUT2D eigenvalue weighted by Gasteiger charge is 2.24. The van der Waals surface area contributed by atoms with E-state index in [1.807, 2.05) is 67.9 Å². The van der Waals surface area contributed by atoms with Crippen molar-refractivity contribution in [2.24, 2.45) is 7.05 Å². The number of pyridine rings is 2. The Morgan fingerprint density at radius 2 is 2.03 bits per heavy atom. The Labute approximate surface area is 189 Å². The molecule has 1 aliphatic rings. The van der Waals surface area contributed by atoms with Crippen LogP contribution in [-0.2, 0) is 11.8 Å². The van der Waals surface area contributed by atoms with Crippen molar-refractivity contribution >= 4 is 23.6 Å². The maximum atomic E-state index is 12.9. The molecular formula is C25H30N6O. The van der Waals surface area contributed by atoms with Crippen LogP contribution < -0.4 is 5.32 Å². The number of rotatable bonds is 5. The van der Waals surface area contributed by atoms with Gasteiger partial charge in [0.2, 0.25) is 5.91 Å². The zero-order valence-electron chi connectivity index (χ0n) is 19.2. The largest absolute Gasteiger partial charge is 0.339 e. The average molecular weight is 431 g/mol. The third-order valence-electron chi connectivity index (χ3n) is 6.20. The number of hydrogen-bond acceptors (Lipinski definition) is 5. The molecule has 3 aromatic rings. The van der Waals surface area contributed by atoms with Crippen molar-refractivity contribution in [3.8, 4) is 0 Å². The summed E-state index contributed by atoms with van der Waals surface area (Å²) in [5, 5.41) is 7.74. The lowest BCUT2D eigenvalue weighted by molar-refractivity contribution is -0.127. The van der Waals surface area contributed by atoms with Crippen LogP contribution in [0.2, 0.25) is 0 Å². The number of nitrogens with zero attached hydrogens (tertiary/aromatic N) is 5. The highest BCUT2D eigenvalue weighted by molar-refractivity contribution is 5.92. The Kier molecular flexibility index (Phi) is 6.35. The van der Waals surface area contributed by atoms with Gasteiger partial charge >= 0.3 is 0 Å². The van der Waals surface area contributed by atoms with Gasteiger partial charge in [-0.05, 0) is 69.0 Å². The first-order chi connectivity index (χ1) is 15.4. The monoisotopic (exact) mass is 430 g/mol. The van der Waals surface area contributed by atoms with Gasteiger partial charge in [-0.2, -0.15) is 5.10 Å². The van der Waals surface area contributed by atoms with Crippen LogP contribution in [0.3, 0.4) is 0 Å². The minimum Gasteiger partial charge on any atom is -0.339 e. The van der Waals surface area contributed by atoms with E-state index in [0.717, 1.165) is 53.5 Å². The highest BCUT2D eigenvalue weighted by Crippen LogP contribution is 2.29. The Morgan fingerprint density at radius 1 is 1.19 bits per heavy atom. The van der Waals surface area contributed by atoms with E-state index >= 15 is 0 Å². The second-order valence-electron chi connectivity index (χ2n) is 8.43. The molecule has 0 aromatic carbocycles. The fourth-order valence-electron chi connectivity index (χ4n) is 4.25. The maximum absolute atomic E-state index is 12.9. The van der Waals surface area contributed by atoms with Gasteiger partial charge in [-0.1, -0.05) is 6.07 Å². The van der Waals surface area contributed by atoms with Crippen molar-refractivity contribution in [1.29, 1.82) is 0 Å². The average Bonchev–Trinajstić information content (AvgIpc) is 3.04. The van der Waals surface area contributed by atoms with Crippen molar-refractivity contribution < 1.29 is 4.79 Å². The van der Waals surface area contributed by atoms with Crippen LogP contribution in [0.1, 0.15) is 46.8 Å². The van der Waals surface area contributed by atoms with Crippen molar-refractivity contribution in [3.05, 3.63) is 70.8 Å². The van der Waals surface area contributed by atoms with Gasteiger partial charge in [-0.25, -0.2) is 9.97 Å². The molecule has 0 saturated carbocycles. The molecule has 1 saturated heterocycles. The fourth-order valence-corrected chi connectivity index (χ4v) is 4.25. The highest BCUT2D eigenvalue weighted by atomic mass is 16.2. The summed E-state index contributed by atoms with van der Waals surface area (Å²) in [6, 6.07) is 8.06. The van der Waals surface area contributed by atoms with E-state index in [9.17, 15) is 4.79 Å².